The van der Waals surface area contributed by atoms with Crippen molar-refractivity contribution in [2.45, 2.75) is 69.1 Å². The lowest BCUT2D eigenvalue weighted by Gasteiger charge is -2.45. The maximum Gasteiger partial charge on any atom is 0.261 e. The van der Waals surface area contributed by atoms with Gasteiger partial charge in [-0.15, -0.1) is 0 Å². The summed E-state index contributed by atoms with van der Waals surface area (Å²) in [5.41, 5.74) is -1.40. The van der Waals surface area contributed by atoms with Crippen molar-refractivity contribution in [3.05, 3.63) is 84.5 Å². The molecule has 0 radical (unpaired) electrons. The summed E-state index contributed by atoms with van der Waals surface area (Å²) in [5, 5.41) is 3.03. The van der Waals surface area contributed by atoms with E-state index in [0.717, 1.165) is 25.7 Å². The molecule has 0 atom stereocenters. The average Bonchev–Trinajstić information content (AvgIpc) is 2.92. The lowest BCUT2D eigenvalue weighted by molar-refractivity contribution is -0.0793. The largest absolute Gasteiger partial charge is 0.360 e. The van der Waals surface area contributed by atoms with Crippen LogP contribution in [0.15, 0.2) is 84.5 Å². The van der Waals surface area contributed by atoms with E-state index in [9.17, 15) is 17.6 Å². The van der Waals surface area contributed by atoms with Crippen LogP contribution in [0, 0.1) is 17.8 Å². The van der Waals surface area contributed by atoms with E-state index in [1.54, 1.807) is 0 Å². The van der Waals surface area contributed by atoms with E-state index in [1.165, 1.54) is 47.5 Å². The molecule has 198 valence electrons. The molecule has 0 spiro atoms. The van der Waals surface area contributed by atoms with Crippen LogP contribution in [0.1, 0.15) is 44.9 Å². The van der Waals surface area contributed by atoms with Gasteiger partial charge >= 0.3 is 0 Å². The number of allylic oxidation sites excluding steroid dienone is 2. The summed E-state index contributed by atoms with van der Waals surface area (Å²) in [6.07, 6.45) is 5.18. The molecular weight excluding hydrogens is 492 g/mol. The Kier molecular flexibility index (Phi) is 8.06. The van der Waals surface area contributed by atoms with Gasteiger partial charge in [0.05, 0.1) is 6.42 Å². The summed E-state index contributed by atoms with van der Waals surface area (Å²) in [6, 6.07) is 24.5. The molecule has 6 heteroatoms. The van der Waals surface area contributed by atoms with Crippen LogP contribution in [-0.4, -0.2) is 26.7 Å². The highest BCUT2D eigenvalue weighted by Gasteiger charge is 2.45. The Morgan fingerprint density at radius 2 is 1.22 bits per heavy atom. The minimum atomic E-state index is -2.68. The monoisotopic (exact) mass is 528 g/mol. The van der Waals surface area contributed by atoms with Gasteiger partial charge in [-0.3, -0.25) is 0 Å². The molecule has 5 rings (SSSR count). The first kappa shape index (κ1) is 26.4. The fourth-order valence-corrected chi connectivity index (χ4v) is 12.5. The van der Waals surface area contributed by atoms with E-state index in [2.05, 4.69) is 60.7 Å². The van der Waals surface area contributed by atoms with Gasteiger partial charge in [-0.05, 0) is 67.7 Å². The molecule has 0 amide bonds. The van der Waals surface area contributed by atoms with Crippen molar-refractivity contribution in [3.63, 3.8) is 0 Å². The van der Waals surface area contributed by atoms with Crippen LogP contribution in [0.4, 0.5) is 17.6 Å². The van der Waals surface area contributed by atoms with Gasteiger partial charge in [0, 0.05) is 0 Å². The molecule has 0 aromatic heterocycles. The van der Waals surface area contributed by atoms with Crippen LogP contribution < -0.4 is 10.4 Å². The van der Waals surface area contributed by atoms with Gasteiger partial charge in [-0.2, -0.15) is 0 Å². The van der Waals surface area contributed by atoms with Crippen LogP contribution in [0.2, 0.25) is 12.1 Å². The van der Waals surface area contributed by atoms with E-state index < -0.39 is 44.8 Å². The van der Waals surface area contributed by atoms with Gasteiger partial charge < -0.3 is 4.74 Å². The van der Waals surface area contributed by atoms with Crippen molar-refractivity contribution < 1.29 is 22.3 Å². The molecule has 2 aromatic carbocycles. The molecule has 1 saturated heterocycles. The molecule has 1 nitrogen and oxygen atoms in total. The fourth-order valence-electron chi connectivity index (χ4n) is 7.34. The maximum absolute atomic E-state index is 14.2. The Morgan fingerprint density at radius 1 is 0.730 bits per heavy atom. The van der Waals surface area contributed by atoms with Crippen molar-refractivity contribution in [2.75, 3.05) is 6.61 Å². The average molecular weight is 529 g/mol. The lowest BCUT2D eigenvalue weighted by atomic mass is 9.68. The van der Waals surface area contributed by atoms with Crippen molar-refractivity contribution in [2.24, 2.45) is 17.8 Å². The third kappa shape index (κ3) is 5.65. The standard InChI is InChI=1S/C31H36F4OSi/c32-26-19-27(33)21-31(20-26,36-22-30(34)35)25-13-11-23(12-14-25)24-15-17-37(18-16-24,28-7-3-1-4-8-28)29-9-5-2-6-10-29/h1-10,20-21,23-25,30H,11-19,22H2. The van der Waals surface area contributed by atoms with Gasteiger partial charge in [-0.1, -0.05) is 83.9 Å². The smallest absolute Gasteiger partial charge is 0.261 e. The second-order valence-electron chi connectivity index (χ2n) is 11.2. The fraction of sp³-hybridized carbons (Fsp3) is 0.484. The highest BCUT2D eigenvalue weighted by Crippen LogP contribution is 2.47. The minimum Gasteiger partial charge on any atom is -0.360 e. The van der Waals surface area contributed by atoms with E-state index in [0.29, 0.717) is 11.8 Å². The van der Waals surface area contributed by atoms with Crippen LogP contribution in [0.5, 0.6) is 0 Å². The predicted octanol–water partition coefficient (Wildman–Crippen LogP) is 7.60. The van der Waals surface area contributed by atoms with Crippen LogP contribution in [0.3, 0.4) is 0 Å². The molecule has 1 heterocycles. The Morgan fingerprint density at radius 3 is 1.70 bits per heavy atom. The first-order valence-electron chi connectivity index (χ1n) is 13.7. The molecule has 0 bridgehead atoms. The molecule has 1 aliphatic heterocycles. The first-order chi connectivity index (χ1) is 17.9. The summed E-state index contributed by atoms with van der Waals surface area (Å²) >= 11 is 0. The summed E-state index contributed by atoms with van der Waals surface area (Å²) in [4.78, 5) is 0. The SMILES string of the molecule is FC1=CC(OCC(F)F)(C2CCC(C3CC[Si](c4ccccc4)(c4ccccc4)CC3)CC2)C=C(F)C1. The minimum absolute atomic E-state index is 0.190. The van der Waals surface area contributed by atoms with Crippen molar-refractivity contribution in [1.29, 1.82) is 0 Å². The third-order valence-corrected chi connectivity index (χ3v) is 14.3. The van der Waals surface area contributed by atoms with Crippen LogP contribution >= 0.6 is 0 Å². The summed E-state index contributed by atoms with van der Waals surface area (Å²) < 4.78 is 60.0. The Balaban J connectivity index is 1.27. The topological polar surface area (TPSA) is 9.23 Å². The quantitative estimate of drug-likeness (QED) is 0.266. The van der Waals surface area contributed by atoms with E-state index in [1.807, 2.05) is 0 Å². The lowest BCUT2D eigenvalue weighted by Crippen LogP contribution is -2.60. The van der Waals surface area contributed by atoms with E-state index >= 15 is 0 Å². The molecule has 1 saturated carbocycles. The second-order valence-corrected chi connectivity index (χ2v) is 15.5. The number of ether oxygens (including phenoxy) is 1. The number of rotatable bonds is 7. The number of halogens is 4. The van der Waals surface area contributed by atoms with Crippen molar-refractivity contribution in [3.8, 4) is 0 Å². The number of hydrogen-bond acceptors (Lipinski definition) is 1. The molecule has 37 heavy (non-hydrogen) atoms. The van der Waals surface area contributed by atoms with Gasteiger partial charge in [0.1, 0.15) is 31.9 Å². The molecular formula is C31H36F4OSi. The number of hydrogen-bond donors (Lipinski definition) is 0. The second kappa shape index (κ2) is 11.3. The van der Waals surface area contributed by atoms with Crippen molar-refractivity contribution >= 4 is 18.4 Å². The molecule has 2 aliphatic carbocycles. The first-order valence-corrected chi connectivity index (χ1v) is 16.1. The van der Waals surface area contributed by atoms with E-state index in [4.69, 9.17) is 4.74 Å². The van der Waals surface area contributed by atoms with Crippen LogP contribution in [-0.2, 0) is 4.74 Å². The summed E-state index contributed by atoms with van der Waals surface area (Å²) in [7, 11) is -1.82. The van der Waals surface area contributed by atoms with E-state index in [-0.39, 0.29) is 5.92 Å². The Labute approximate surface area is 218 Å². The zero-order valence-corrected chi connectivity index (χ0v) is 22.2. The maximum atomic E-state index is 14.2. The zero-order chi connectivity index (χ0) is 25.9. The highest BCUT2D eigenvalue weighted by molar-refractivity contribution is 7.02. The molecule has 0 N–H and O–H groups in total. The van der Waals surface area contributed by atoms with Gasteiger partial charge in [-0.25, -0.2) is 17.6 Å². The van der Waals surface area contributed by atoms with Gasteiger partial charge in [0.2, 0.25) is 0 Å². The molecule has 2 aromatic rings. The molecule has 3 aliphatic rings. The molecule has 2 fully saturated rings. The zero-order valence-electron chi connectivity index (χ0n) is 21.2. The third-order valence-electron chi connectivity index (χ3n) is 9.17. The summed E-state index contributed by atoms with van der Waals surface area (Å²) in [6.45, 7) is -0.818. The normalized spacial score (nSPS) is 26.0. The number of alkyl halides is 2. The Hall–Kier alpha value is -2.18. The molecule has 0 unspecified atom stereocenters. The van der Waals surface area contributed by atoms with Crippen molar-refractivity contribution in [1.82, 2.24) is 0 Å². The van der Waals surface area contributed by atoms with Gasteiger partial charge in [0.25, 0.3) is 6.43 Å². The highest BCUT2D eigenvalue weighted by atomic mass is 28.3. The summed E-state index contributed by atoms with van der Waals surface area (Å²) in [5.74, 6) is -0.255. The number of benzene rings is 2. The van der Waals surface area contributed by atoms with Gasteiger partial charge in [0.15, 0.2) is 0 Å². The predicted molar refractivity (Wildman–Crippen MR) is 143 cm³/mol. The Bertz CT molecular complexity index is 1030. The van der Waals surface area contributed by atoms with Crippen LogP contribution in [0.25, 0.3) is 0 Å².